The first-order valence-corrected chi connectivity index (χ1v) is 13.6. The van der Waals surface area contributed by atoms with Crippen LogP contribution in [0, 0.1) is 11.3 Å². The summed E-state index contributed by atoms with van der Waals surface area (Å²) in [4.78, 5) is 33.7. The highest BCUT2D eigenvalue weighted by Crippen LogP contribution is 2.30. The van der Waals surface area contributed by atoms with Crippen LogP contribution in [0.3, 0.4) is 0 Å². The molecule has 2 aromatic carbocycles. The summed E-state index contributed by atoms with van der Waals surface area (Å²) < 4.78 is 10.2. The lowest BCUT2D eigenvalue weighted by Crippen LogP contribution is -2.15. The number of nitrogens with zero attached hydrogens (tertiary/aromatic N) is 3. The van der Waals surface area contributed by atoms with E-state index in [-0.39, 0.29) is 23.3 Å². The Morgan fingerprint density at radius 3 is 1.75 bits per heavy atom. The first kappa shape index (κ1) is 27.2. The molecule has 2 amide bonds. The number of carbonyl (C=O) groups excluding carboxylic acids is 2. The first-order chi connectivity index (χ1) is 17.4. The van der Waals surface area contributed by atoms with Gasteiger partial charge in [0.25, 0.3) is 0 Å². The van der Waals surface area contributed by atoms with Gasteiger partial charge in [0, 0.05) is 11.4 Å². The van der Waals surface area contributed by atoms with Crippen molar-refractivity contribution in [1.82, 2.24) is 9.97 Å². The van der Waals surface area contributed by atoms with Crippen LogP contribution in [0.25, 0.3) is 0 Å². The minimum Gasteiger partial charge on any atom is -0.497 e. The van der Waals surface area contributed by atoms with Gasteiger partial charge in [0.15, 0.2) is 5.16 Å². The zero-order chi connectivity index (χ0) is 25.9. The number of amides is 2. The molecule has 0 bridgehead atoms. The predicted octanol–water partition coefficient (Wildman–Crippen LogP) is 4.55. The average Bonchev–Trinajstić information content (AvgIpc) is 2.91. The number of rotatable bonds is 11. The maximum absolute atomic E-state index is 12.4. The van der Waals surface area contributed by atoms with Crippen molar-refractivity contribution in [3.63, 3.8) is 0 Å². The van der Waals surface area contributed by atoms with Crippen molar-refractivity contribution in [2.75, 3.05) is 42.6 Å². The molecule has 2 N–H and O–H groups in total. The van der Waals surface area contributed by atoms with Crippen LogP contribution in [0.15, 0.2) is 63.7 Å². The molecule has 1 aromatic heterocycles. The second kappa shape index (κ2) is 13.6. The predicted molar refractivity (Wildman–Crippen MR) is 143 cm³/mol. The van der Waals surface area contributed by atoms with E-state index in [4.69, 9.17) is 9.47 Å². The maximum atomic E-state index is 12.4. The second-order valence-electron chi connectivity index (χ2n) is 6.94. The third-order valence-electron chi connectivity index (χ3n) is 4.55. The Labute approximate surface area is 221 Å². The van der Waals surface area contributed by atoms with Crippen LogP contribution in [-0.4, -0.2) is 53.8 Å². The van der Waals surface area contributed by atoms with Crippen molar-refractivity contribution < 1.29 is 19.1 Å². The molecule has 0 saturated heterocycles. The smallest absolute Gasteiger partial charge is 0.234 e. The molecule has 0 saturated carbocycles. The second-order valence-corrected chi connectivity index (χ2v) is 9.64. The monoisotopic (exact) mass is 541 g/mol. The summed E-state index contributed by atoms with van der Waals surface area (Å²) in [5.41, 5.74) is 1.58. The first-order valence-electron chi connectivity index (χ1n) is 10.4. The van der Waals surface area contributed by atoms with E-state index < -0.39 is 0 Å². The summed E-state index contributed by atoms with van der Waals surface area (Å²) in [7, 11) is 3.14. The minimum absolute atomic E-state index is 0.0492. The molecular formula is C24H23N5O4S3. The maximum Gasteiger partial charge on any atom is 0.234 e. The van der Waals surface area contributed by atoms with Gasteiger partial charge in [-0.3, -0.25) is 9.59 Å². The van der Waals surface area contributed by atoms with Crippen molar-refractivity contribution >= 4 is 58.5 Å². The lowest BCUT2D eigenvalue weighted by atomic mass is 10.3. The Bertz CT molecular complexity index is 1250. The molecule has 3 aromatic rings. The molecule has 0 radical (unpaired) electrons. The average molecular weight is 542 g/mol. The molecule has 0 aliphatic rings. The summed E-state index contributed by atoms with van der Waals surface area (Å²) >= 11 is 3.60. The number of hydrogen-bond donors (Lipinski definition) is 2. The van der Waals surface area contributed by atoms with Gasteiger partial charge in [-0.25, -0.2) is 9.97 Å². The van der Waals surface area contributed by atoms with Gasteiger partial charge in [0.2, 0.25) is 11.8 Å². The number of carbonyl (C=O) groups is 2. The number of nitriles is 1. The highest BCUT2D eigenvalue weighted by atomic mass is 32.2. The molecule has 3 rings (SSSR count). The molecule has 186 valence electrons. The lowest BCUT2D eigenvalue weighted by molar-refractivity contribution is -0.114. The summed E-state index contributed by atoms with van der Waals surface area (Å²) in [5.74, 6) is 1.04. The normalized spacial score (nSPS) is 10.3. The number of ether oxygens (including phenoxy) is 2. The fraction of sp³-hybridized carbons (Fsp3) is 0.208. The molecule has 0 atom stereocenters. The van der Waals surface area contributed by atoms with Gasteiger partial charge in [0.1, 0.15) is 33.2 Å². The van der Waals surface area contributed by atoms with E-state index in [1.165, 1.54) is 11.8 Å². The molecule has 0 fully saturated rings. The van der Waals surface area contributed by atoms with Crippen LogP contribution in [0.4, 0.5) is 11.4 Å². The van der Waals surface area contributed by atoms with Crippen molar-refractivity contribution in [1.29, 1.82) is 5.26 Å². The van der Waals surface area contributed by atoms with Crippen LogP contribution >= 0.6 is 35.3 Å². The summed E-state index contributed by atoms with van der Waals surface area (Å²) in [6.45, 7) is 0. The molecule has 9 nitrogen and oxygen atoms in total. The van der Waals surface area contributed by atoms with Gasteiger partial charge in [-0.2, -0.15) is 5.26 Å². The van der Waals surface area contributed by atoms with Crippen LogP contribution < -0.4 is 20.1 Å². The van der Waals surface area contributed by atoms with Crippen LogP contribution in [-0.2, 0) is 9.59 Å². The van der Waals surface area contributed by atoms with E-state index in [0.717, 1.165) is 23.5 Å². The van der Waals surface area contributed by atoms with E-state index in [1.54, 1.807) is 69.0 Å². The molecule has 36 heavy (non-hydrogen) atoms. The number of aromatic nitrogens is 2. The van der Waals surface area contributed by atoms with Gasteiger partial charge >= 0.3 is 0 Å². The van der Waals surface area contributed by atoms with Crippen molar-refractivity contribution in [2.45, 2.75) is 15.2 Å². The van der Waals surface area contributed by atoms with Crippen LogP contribution in [0.2, 0.25) is 0 Å². The Morgan fingerprint density at radius 2 is 1.31 bits per heavy atom. The van der Waals surface area contributed by atoms with Crippen molar-refractivity contribution in [2.24, 2.45) is 0 Å². The van der Waals surface area contributed by atoms with Crippen molar-refractivity contribution in [3.05, 3.63) is 54.1 Å². The fourth-order valence-electron chi connectivity index (χ4n) is 2.82. The standard InChI is InChI=1S/C24H23N5O4S3/c1-32-17-8-4-15(5-9-17)26-20(30)13-35-23-19(12-25)22(34-3)28-24(29-23)36-14-21(31)27-16-6-10-18(33-2)11-7-16/h4-11H,13-14H2,1-3H3,(H,26,30)(H,27,31). The number of hydrogen-bond acceptors (Lipinski definition) is 10. The van der Waals surface area contributed by atoms with Crippen LogP contribution in [0.1, 0.15) is 5.56 Å². The summed E-state index contributed by atoms with van der Waals surface area (Å²) in [5, 5.41) is 16.5. The molecular weight excluding hydrogens is 518 g/mol. The number of nitrogens with one attached hydrogen (secondary N) is 2. The Morgan fingerprint density at radius 1 is 0.833 bits per heavy atom. The Hall–Kier alpha value is -3.40. The molecule has 1 heterocycles. The summed E-state index contributed by atoms with van der Waals surface area (Å²) in [6, 6.07) is 16.1. The molecule has 0 spiro atoms. The highest BCUT2D eigenvalue weighted by molar-refractivity contribution is 8.01. The SMILES string of the molecule is COc1ccc(NC(=O)CSc2nc(SC)c(C#N)c(SCC(=O)Nc3ccc(OC)cc3)n2)cc1. The van der Waals surface area contributed by atoms with Crippen molar-refractivity contribution in [3.8, 4) is 17.6 Å². The Balaban J connectivity index is 1.63. The van der Waals surface area contributed by atoms with E-state index in [0.29, 0.717) is 43.6 Å². The molecule has 0 unspecified atom stereocenters. The summed E-state index contributed by atoms with van der Waals surface area (Å²) in [6.07, 6.45) is 1.80. The van der Waals surface area contributed by atoms with Crippen LogP contribution in [0.5, 0.6) is 11.5 Å². The van der Waals surface area contributed by atoms with Gasteiger partial charge < -0.3 is 20.1 Å². The Kier molecular flexibility index (Phi) is 10.3. The van der Waals surface area contributed by atoms with Gasteiger partial charge in [0.05, 0.1) is 25.7 Å². The number of methoxy groups -OCH3 is 2. The minimum atomic E-state index is -0.244. The van der Waals surface area contributed by atoms with E-state index in [9.17, 15) is 14.9 Å². The van der Waals surface area contributed by atoms with Gasteiger partial charge in [-0.1, -0.05) is 23.5 Å². The topological polar surface area (TPSA) is 126 Å². The highest BCUT2D eigenvalue weighted by Gasteiger charge is 2.17. The third-order valence-corrected chi connectivity index (χ3v) is 7.05. The fourth-order valence-corrected chi connectivity index (χ4v) is 4.95. The third kappa shape index (κ3) is 7.81. The van der Waals surface area contributed by atoms with Gasteiger partial charge in [-0.15, -0.1) is 11.8 Å². The molecule has 0 aliphatic carbocycles. The zero-order valence-electron chi connectivity index (χ0n) is 19.7. The molecule has 12 heteroatoms. The largest absolute Gasteiger partial charge is 0.497 e. The number of anilines is 2. The number of thioether (sulfide) groups is 3. The van der Waals surface area contributed by atoms with E-state index in [2.05, 4.69) is 26.7 Å². The molecule has 0 aliphatic heterocycles. The number of benzene rings is 2. The van der Waals surface area contributed by atoms with E-state index in [1.807, 2.05) is 0 Å². The van der Waals surface area contributed by atoms with E-state index >= 15 is 0 Å². The zero-order valence-corrected chi connectivity index (χ0v) is 22.2. The quantitative estimate of drug-likeness (QED) is 0.203. The van der Waals surface area contributed by atoms with Gasteiger partial charge in [-0.05, 0) is 54.8 Å². The lowest BCUT2D eigenvalue weighted by Gasteiger charge is -2.10.